The fourth-order valence-electron chi connectivity index (χ4n) is 2.78. The number of benzene rings is 2. The summed E-state index contributed by atoms with van der Waals surface area (Å²) in [5.74, 6) is 0. The van der Waals surface area contributed by atoms with Crippen LogP contribution in [0, 0.1) is 11.3 Å². The molecule has 126 valence electrons. The predicted molar refractivity (Wildman–Crippen MR) is 104 cm³/mol. The van der Waals surface area contributed by atoms with Crippen molar-refractivity contribution in [1.29, 1.82) is 5.26 Å². The second kappa shape index (κ2) is 8.06. The molecule has 3 nitrogen and oxygen atoms in total. The van der Waals surface area contributed by atoms with Crippen molar-refractivity contribution in [3.63, 3.8) is 0 Å². The highest BCUT2D eigenvalue weighted by Gasteiger charge is 2.07. The molecule has 0 bridgehead atoms. The second-order valence-electron chi connectivity index (χ2n) is 6.16. The lowest BCUT2D eigenvalue weighted by Crippen LogP contribution is -2.18. The van der Waals surface area contributed by atoms with Gasteiger partial charge in [0.2, 0.25) is 0 Å². The fraction of sp³-hybridized carbons (Fsp3) is 0.238. The monoisotopic (exact) mass is 347 g/mol. The van der Waals surface area contributed by atoms with Gasteiger partial charge in [0.05, 0.1) is 17.3 Å². The maximum absolute atomic E-state index is 8.89. The molecule has 1 aromatic heterocycles. The van der Waals surface area contributed by atoms with Gasteiger partial charge in [0.25, 0.3) is 0 Å². The Morgan fingerprint density at radius 1 is 1.04 bits per heavy atom. The lowest BCUT2D eigenvalue weighted by atomic mass is 10.1. The van der Waals surface area contributed by atoms with Crippen LogP contribution in [0.25, 0.3) is 21.8 Å². The van der Waals surface area contributed by atoms with Crippen molar-refractivity contribution in [2.75, 3.05) is 13.6 Å². The quantitative estimate of drug-likeness (QED) is 0.616. The first-order valence-corrected chi connectivity index (χ1v) is 9.31. The van der Waals surface area contributed by atoms with E-state index in [1.165, 1.54) is 12.0 Å². The van der Waals surface area contributed by atoms with E-state index in [4.69, 9.17) is 10.2 Å². The van der Waals surface area contributed by atoms with Gasteiger partial charge in [0, 0.05) is 23.1 Å². The molecule has 0 atom stereocenters. The first kappa shape index (κ1) is 17.3. The van der Waals surface area contributed by atoms with E-state index in [0.29, 0.717) is 5.56 Å². The van der Waals surface area contributed by atoms with Crippen LogP contribution in [0.3, 0.4) is 0 Å². The molecule has 4 heteroatoms. The summed E-state index contributed by atoms with van der Waals surface area (Å²) in [7, 11) is 2.15. The van der Waals surface area contributed by atoms with Crippen molar-refractivity contribution in [1.82, 2.24) is 9.88 Å². The zero-order valence-electron chi connectivity index (χ0n) is 14.6. The molecular weight excluding hydrogens is 326 g/mol. The third-order valence-corrected chi connectivity index (χ3v) is 4.96. The standard InChI is InChI=1S/C21H21N3S/c1-3-12-24(2)14-17-6-8-18(9-7-17)20-15-25-21(23-20)19-10-4-16(13-22)5-11-19/h4-11,15H,3,12,14H2,1-2H3. The molecule has 0 aliphatic carbocycles. The predicted octanol–water partition coefficient (Wildman–Crippen LogP) is 5.19. The summed E-state index contributed by atoms with van der Waals surface area (Å²) >= 11 is 1.63. The van der Waals surface area contributed by atoms with E-state index < -0.39 is 0 Å². The number of hydrogen-bond donors (Lipinski definition) is 0. The molecular formula is C21H21N3S. The van der Waals surface area contributed by atoms with Gasteiger partial charge in [-0.1, -0.05) is 43.3 Å². The normalized spacial score (nSPS) is 10.8. The van der Waals surface area contributed by atoms with Crippen LogP contribution >= 0.6 is 11.3 Å². The van der Waals surface area contributed by atoms with Crippen LogP contribution in [0.5, 0.6) is 0 Å². The molecule has 2 aromatic carbocycles. The summed E-state index contributed by atoms with van der Waals surface area (Å²) in [6, 6.07) is 18.4. The van der Waals surface area contributed by atoms with Gasteiger partial charge in [-0.05, 0) is 37.7 Å². The van der Waals surface area contributed by atoms with Gasteiger partial charge < -0.3 is 4.90 Å². The van der Waals surface area contributed by atoms with Gasteiger partial charge in [0.1, 0.15) is 5.01 Å². The van der Waals surface area contributed by atoms with Gasteiger partial charge in [-0.15, -0.1) is 11.3 Å². The lowest BCUT2D eigenvalue weighted by molar-refractivity contribution is 0.327. The van der Waals surface area contributed by atoms with Crippen molar-refractivity contribution >= 4 is 11.3 Å². The Kier molecular flexibility index (Phi) is 5.60. The minimum atomic E-state index is 0.671. The fourth-order valence-corrected chi connectivity index (χ4v) is 3.61. The average Bonchev–Trinajstić information content (AvgIpc) is 3.13. The van der Waals surface area contributed by atoms with Crippen LogP contribution in [0.1, 0.15) is 24.5 Å². The molecule has 3 rings (SSSR count). The Morgan fingerprint density at radius 3 is 2.36 bits per heavy atom. The third-order valence-electron chi connectivity index (χ3n) is 4.07. The van der Waals surface area contributed by atoms with E-state index in [9.17, 15) is 0 Å². The van der Waals surface area contributed by atoms with Crippen LogP contribution in [-0.4, -0.2) is 23.5 Å². The van der Waals surface area contributed by atoms with Crippen molar-refractivity contribution in [3.8, 4) is 27.9 Å². The second-order valence-corrected chi connectivity index (χ2v) is 7.02. The number of nitrogens with zero attached hydrogens (tertiary/aromatic N) is 3. The zero-order valence-corrected chi connectivity index (χ0v) is 15.4. The Morgan fingerprint density at radius 2 is 1.72 bits per heavy atom. The van der Waals surface area contributed by atoms with Crippen molar-refractivity contribution in [3.05, 3.63) is 65.0 Å². The molecule has 0 aliphatic heterocycles. The van der Waals surface area contributed by atoms with E-state index >= 15 is 0 Å². The largest absolute Gasteiger partial charge is 0.302 e. The summed E-state index contributed by atoms with van der Waals surface area (Å²) in [6.45, 7) is 4.29. The first-order chi connectivity index (χ1) is 12.2. The topological polar surface area (TPSA) is 39.9 Å². The smallest absolute Gasteiger partial charge is 0.124 e. The van der Waals surface area contributed by atoms with Crippen molar-refractivity contribution in [2.45, 2.75) is 19.9 Å². The van der Waals surface area contributed by atoms with Crippen molar-refractivity contribution in [2.24, 2.45) is 0 Å². The molecule has 0 unspecified atom stereocenters. The lowest BCUT2D eigenvalue weighted by Gasteiger charge is -2.15. The maximum Gasteiger partial charge on any atom is 0.124 e. The Balaban J connectivity index is 1.74. The van der Waals surface area contributed by atoms with Gasteiger partial charge in [-0.3, -0.25) is 0 Å². The maximum atomic E-state index is 8.89. The highest BCUT2D eigenvalue weighted by Crippen LogP contribution is 2.29. The molecule has 0 saturated carbocycles. The number of thiazole rings is 1. The van der Waals surface area contributed by atoms with E-state index in [2.05, 4.69) is 54.6 Å². The van der Waals surface area contributed by atoms with Crippen LogP contribution in [0.15, 0.2) is 53.9 Å². The highest BCUT2D eigenvalue weighted by molar-refractivity contribution is 7.13. The molecule has 0 saturated heterocycles. The van der Waals surface area contributed by atoms with Crippen LogP contribution in [0.2, 0.25) is 0 Å². The van der Waals surface area contributed by atoms with Gasteiger partial charge in [-0.25, -0.2) is 4.98 Å². The molecule has 3 aromatic rings. The molecule has 0 fully saturated rings. The van der Waals surface area contributed by atoms with Crippen LogP contribution in [0.4, 0.5) is 0 Å². The van der Waals surface area contributed by atoms with Gasteiger partial charge >= 0.3 is 0 Å². The minimum Gasteiger partial charge on any atom is -0.302 e. The van der Waals surface area contributed by atoms with Crippen LogP contribution in [-0.2, 0) is 6.54 Å². The summed E-state index contributed by atoms with van der Waals surface area (Å²) in [5.41, 5.74) is 5.18. The Hall–Kier alpha value is -2.48. The highest BCUT2D eigenvalue weighted by atomic mass is 32.1. The average molecular weight is 347 g/mol. The number of hydrogen-bond acceptors (Lipinski definition) is 4. The minimum absolute atomic E-state index is 0.671. The van der Waals surface area contributed by atoms with E-state index in [1.54, 1.807) is 11.3 Å². The summed E-state index contributed by atoms with van der Waals surface area (Å²) in [4.78, 5) is 7.09. The summed E-state index contributed by atoms with van der Waals surface area (Å²) < 4.78 is 0. The number of nitriles is 1. The van der Waals surface area contributed by atoms with E-state index in [1.807, 2.05) is 24.3 Å². The first-order valence-electron chi connectivity index (χ1n) is 8.43. The molecule has 0 amide bonds. The summed E-state index contributed by atoms with van der Waals surface area (Å²) in [5, 5.41) is 12.0. The molecule has 1 heterocycles. The van der Waals surface area contributed by atoms with Crippen LogP contribution < -0.4 is 0 Å². The zero-order chi connectivity index (χ0) is 17.6. The molecule has 0 N–H and O–H groups in total. The van der Waals surface area contributed by atoms with E-state index in [-0.39, 0.29) is 0 Å². The Labute approximate surface area is 153 Å². The molecule has 25 heavy (non-hydrogen) atoms. The number of aromatic nitrogens is 1. The van der Waals surface area contributed by atoms with E-state index in [0.717, 1.165) is 34.9 Å². The summed E-state index contributed by atoms with van der Waals surface area (Å²) in [6.07, 6.45) is 1.17. The third kappa shape index (κ3) is 4.33. The molecule has 0 spiro atoms. The molecule has 0 aliphatic rings. The number of rotatable bonds is 6. The SMILES string of the molecule is CCCN(C)Cc1ccc(-c2csc(-c3ccc(C#N)cc3)n2)cc1. The van der Waals surface area contributed by atoms with Crippen molar-refractivity contribution < 1.29 is 0 Å². The van der Waals surface area contributed by atoms with Gasteiger partial charge in [0.15, 0.2) is 0 Å². The Bertz CT molecular complexity index is 857. The van der Waals surface area contributed by atoms with Gasteiger partial charge in [-0.2, -0.15) is 5.26 Å². The molecule has 0 radical (unpaired) electrons.